The van der Waals surface area contributed by atoms with E-state index in [-0.39, 0.29) is 29.3 Å². The number of hydrogen-bond donors (Lipinski definition) is 0. The average Bonchev–Trinajstić information content (AvgIpc) is 2.55. The molecule has 1 aliphatic rings. The maximum Gasteiger partial charge on any atom is 0.318 e. The molecule has 0 amide bonds. The third kappa shape index (κ3) is 3.58. The van der Waals surface area contributed by atoms with Crippen molar-refractivity contribution < 1.29 is 19.1 Å². The van der Waals surface area contributed by atoms with Gasteiger partial charge in [0.25, 0.3) is 0 Å². The molecule has 0 aromatic heterocycles. The van der Waals surface area contributed by atoms with Gasteiger partial charge in [-0.05, 0) is 58.9 Å². The summed E-state index contributed by atoms with van der Waals surface area (Å²) < 4.78 is 5.15. The molecule has 26 heavy (non-hydrogen) atoms. The number of nitrogens with zero attached hydrogens (tertiary/aromatic N) is 1. The Morgan fingerprint density at radius 2 is 1.46 bits per heavy atom. The van der Waals surface area contributed by atoms with Crippen molar-refractivity contribution in [3.63, 3.8) is 0 Å². The van der Waals surface area contributed by atoms with E-state index in [0.29, 0.717) is 16.4 Å². The van der Waals surface area contributed by atoms with E-state index >= 15 is 0 Å². The van der Waals surface area contributed by atoms with Crippen molar-refractivity contribution in [2.75, 3.05) is 11.5 Å². The van der Waals surface area contributed by atoms with E-state index in [4.69, 9.17) is 16.3 Å². The average molecular weight is 376 g/mol. The maximum absolute atomic E-state index is 12.6. The molecule has 0 bridgehead atoms. The van der Waals surface area contributed by atoms with Crippen LogP contribution in [0.15, 0.2) is 46.8 Å². The first-order chi connectivity index (χ1) is 12.2. The predicted molar refractivity (Wildman–Crippen MR) is 101 cm³/mol. The molecule has 138 valence electrons. The number of allylic oxidation sites excluding steroid dienone is 2. The minimum absolute atomic E-state index is 0.171. The summed E-state index contributed by atoms with van der Waals surface area (Å²) in [4.78, 5) is 39.2. The molecule has 0 saturated carbocycles. The SMILES string of the molecule is CCOC(=O)C1C(C(C)=O)=C(C)N(c2ccc(Cl)cc2)C(C)=C1C(C)=O. The molecule has 6 heteroatoms. The summed E-state index contributed by atoms with van der Waals surface area (Å²) in [6.07, 6.45) is 0. The van der Waals surface area contributed by atoms with E-state index in [1.165, 1.54) is 13.8 Å². The second-order valence-corrected chi connectivity index (χ2v) is 6.54. The Morgan fingerprint density at radius 1 is 1.00 bits per heavy atom. The zero-order valence-corrected chi connectivity index (χ0v) is 16.3. The smallest absolute Gasteiger partial charge is 0.318 e. The van der Waals surface area contributed by atoms with Gasteiger partial charge in [0.2, 0.25) is 0 Å². The van der Waals surface area contributed by atoms with Crippen molar-refractivity contribution in [1.29, 1.82) is 0 Å². The highest BCUT2D eigenvalue weighted by Gasteiger charge is 2.41. The van der Waals surface area contributed by atoms with E-state index in [1.807, 2.05) is 0 Å². The van der Waals surface area contributed by atoms with Crippen molar-refractivity contribution >= 4 is 34.8 Å². The number of ether oxygens (including phenoxy) is 1. The van der Waals surface area contributed by atoms with Gasteiger partial charge in [0.05, 0.1) is 6.61 Å². The summed E-state index contributed by atoms with van der Waals surface area (Å²) >= 11 is 5.97. The van der Waals surface area contributed by atoms with Crippen LogP contribution >= 0.6 is 11.6 Å². The molecule has 0 N–H and O–H groups in total. The highest BCUT2D eigenvalue weighted by Crippen LogP contribution is 2.40. The standard InChI is InChI=1S/C20H22ClNO4/c1-6-26-20(25)19-17(13(4)23)11(2)22(12(3)18(19)14(5)24)16-9-7-15(21)8-10-16/h7-10,19H,6H2,1-5H3. The van der Waals surface area contributed by atoms with Crippen LogP contribution in [0.1, 0.15) is 34.6 Å². The lowest BCUT2D eigenvalue weighted by atomic mass is 9.81. The fourth-order valence-corrected chi connectivity index (χ4v) is 3.54. The van der Waals surface area contributed by atoms with Gasteiger partial charge in [-0.25, -0.2) is 0 Å². The lowest BCUT2D eigenvalue weighted by Gasteiger charge is -2.37. The lowest BCUT2D eigenvalue weighted by molar-refractivity contribution is -0.146. The highest BCUT2D eigenvalue weighted by molar-refractivity contribution is 6.30. The van der Waals surface area contributed by atoms with Crippen LogP contribution in [0.3, 0.4) is 0 Å². The monoisotopic (exact) mass is 375 g/mol. The molecule has 0 spiro atoms. The molecule has 0 saturated heterocycles. The number of rotatable bonds is 5. The number of hydrogen-bond acceptors (Lipinski definition) is 5. The van der Waals surface area contributed by atoms with Crippen LogP contribution in [-0.2, 0) is 19.1 Å². The van der Waals surface area contributed by atoms with Gasteiger partial charge in [0.1, 0.15) is 5.92 Å². The van der Waals surface area contributed by atoms with Crippen molar-refractivity contribution in [1.82, 2.24) is 0 Å². The molecule has 0 fully saturated rings. The van der Waals surface area contributed by atoms with Gasteiger partial charge < -0.3 is 9.64 Å². The molecule has 1 heterocycles. The largest absolute Gasteiger partial charge is 0.465 e. The molecule has 1 aromatic rings. The van der Waals surface area contributed by atoms with E-state index in [9.17, 15) is 14.4 Å². The van der Waals surface area contributed by atoms with E-state index in [1.54, 1.807) is 49.9 Å². The number of ketones is 2. The zero-order chi connectivity index (χ0) is 19.6. The highest BCUT2D eigenvalue weighted by atomic mass is 35.5. The van der Waals surface area contributed by atoms with E-state index in [0.717, 1.165) is 5.69 Å². The number of halogens is 1. The number of esters is 1. The minimum atomic E-state index is -1.01. The molecule has 1 aliphatic heterocycles. The van der Waals surface area contributed by atoms with Crippen molar-refractivity contribution in [2.45, 2.75) is 34.6 Å². The molecule has 2 rings (SSSR count). The van der Waals surface area contributed by atoms with Crippen LogP contribution in [0.25, 0.3) is 0 Å². The van der Waals surface area contributed by atoms with Crippen molar-refractivity contribution in [3.8, 4) is 0 Å². The summed E-state index contributed by atoms with van der Waals surface area (Å²) in [5.74, 6) is -2.14. The minimum Gasteiger partial charge on any atom is -0.465 e. The quantitative estimate of drug-likeness (QED) is 0.726. The van der Waals surface area contributed by atoms with Crippen LogP contribution in [0.4, 0.5) is 5.69 Å². The topological polar surface area (TPSA) is 63.7 Å². The summed E-state index contributed by atoms with van der Waals surface area (Å²) in [6, 6.07) is 7.07. The molecule has 0 atom stereocenters. The third-order valence-electron chi connectivity index (χ3n) is 4.39. The Kier molecular flexibility index (Phi) is 6.03. The van der Waals surface area contributed by atoms with E-state index in [2.05, 4.69) is 0 Å². The summed E-state index contributed by atoms with van der Waals surface area (Å²) in [7, 11) is 0. The number of anilines is 1. The molecule has 1 aromatic carbocycles. The van der Waals surface area contributed by atoms with Gasteiger partial charge in [-0.2, -0.15) is 0 Å². The zero-order valence-electron chi connectivity index (χ0n) is 15.6. The summed E-state index contributed by atoms with van der Waals surface area (Å²) in [5.41, 5.74) is 2.49. The van der Waals surface area contributed by atoms with Gasteiger partial charge in [-0.15, -0.1) is 0 Å². The number of carbonyl (C=O) groups excluding carboxylic acids is 3. The van der Waals surface area contributed by atoms with Crippen LogP contribution in [0.5, 0.6) is 0 Å². The molecular formula is C20H22ClNO4. The number of Topliss-reactive ketones (excluding diaryl/α,β-unsaturated/α-hetero) is 2. The van der Waals surface area contributed by atoms with Crippen LogP contribution in [-0.4, -0.2) is 24.1 Å². The Hall–Kier alpha value is -2.40. The van der Waals surface area contributed by atoms with Crippen molar-refractivity contribution in [3.05, 3.63) is 51.8 Å². The molecule has 0 aliphatic carbocycles. The second kappa shape index (κ2) is 7.87. The molecule has 0 radical (unpaired) electrons. The maximum atomic E-state index is 12.6. The second-order valence-electron chi connectivity index (χ2n) is 6.11. The lowest BCUT2D eigenvalue weighted by Crippen LogP contribution is -2.38. The number of benzene rings is 1. The van der Waals surface area contributed by atoms with Crippen LogP contribution in [0, 0.1) is 5.92 Å². The first-order valence-corrected chi connectivity index (χ1v) is 8.74. The Bertz CT molecular complexity index is 783. The van der Waals surface area contributed by atoms with Crippen LogP contribution in [0.2, 0.25) is 5.02 Å². The third-order valence-corrected chi connectivity index (χ3v) is 4.65. The summed E-state index contributed by atoms with van der Waals surface area (Å²) in [5, 5.41) is 0.581. The molecule has 0 unspecified atom stereocenters. The summed E-state index contributed by atoms with van der Waals surface area (Å²) in [6.45, 7) is 8.17. The Morgan fingerprint density at radius 3 is 1.85 bits per heavy atom. The molecule has 5 nitrogen and oxygen atoms in total. The normalized spacial score (nSPS) is 15.4. The van der Waals surface area contributed by atoms with Gasteiger partial charge in [-0.3, -0.25) is 14.4 Å². The van der Waals surface area contributed by atoms with Gasteiger partial charge in [-0.1, -0.05) is 11.6 Å². The van der Waals surface area contributed by atoms with Gasteiger partial charge >= 0.3 is 5.97 Å². The van der Waals surface area contributed by atoms with E-state index < -0.39 is 11.9 Å². The Labute approximate surface area is 158 Å². The fourth-order valence-electron chi connectivity index (χ4n) is 3.41. The van der Waals surface area contributed by atoms with Crippen molar-refractivity contribution in [2.24, 2.45) is 5.92 Å². The Balaban J connectivity index is 2.74. The number of carbonyl (C=O) groups is 3. The van der Waals surface area contributed by atoms with Gasteiger partial charge in [0, 0.05) is 33.3 Å². The molecular weight excluding hydrogens is 354 g/mol. The first kappa shape index (κ1) is 19.9. The first-order valence-electron chi connectivity index (χ1n) is 8.36. The predicted octanol–water partition coefficient (Wildman–Crippen LogP) is 4.07. The van der Waals surface area contributed by atoms with Gasteiger partial charge in [0.15, 0.2) is 11.6 Å². The fraction of sp³-hybridized carbons (Fsp3) is 0.350. The van der Waals surface area contributed by atoms with Crippen LogP contribution < -0.4 is 4.90 Å².